The van der Waals surface area contributed by atoms with Crippen LogP contribution in [0.4, 0.5) is 10.1 Å². The van der Waals surface area contributed by atoms with Crippen LogP contribution < -0.4 is 5.32 Å². The number of anilines is 1. The molecule has 84 valence electrons. The third-order valence-corrected chi connectivity index (χ3v) is 2.65. The average molecular weight is 220 g/mol. The maximum atomic E-state index is 13.1. The first-order chi connectivity index (χ1) is 7.78. The highest BCUT2D eigenvalue weighted by molar-refractivity contribution is 5.49. The number of hydrogen-bond donors (Lipinski definition) is 1. The summed E-state index contributed by atoms with van der Waals surface area (Å²) in [6, 6.07) is 6.21. The highest BCUT2D eigenvalue weighted by Crippen LogP contribution is 2.16. The van der Waals surface area contributed by atoms with Crippen LogP contribution in [0.25, 0.3) is 0 Å². The molecule has 0 saturated carbocycles. The largest absolute Gasteiger partial charge is 0.385 e. The number of nitrogens with zero attached hydrogens (tertiary/aromatic N) is 1. The molecule has 1 heterocycles. The minimum absolute atomic E-state index is 0.338. The monoisotopic (exact) mass is 220 g/mol. The lowest BCUT2D eigenvalue weighted by molar-refractivity contribution is 0.187. The van der Waals surface area contributed by atoms with Crippen molar-refractivity contribution in [2.45, 2.75) is 6.42 Å². The summed E-state index contributed by atoms with van der Waals surface area (Å²) in [5.74, 6) is 0.0954. The van der Waals surface area contributed by atoms with Gasteiger partial charge in [0.1, 0.15) is 5.82 Å². The van der Waals surface area contributed by atoms with Crippen LogP contribution in [0.1, 0.15) is 12.0 Å². The quantitative estimate of drug-likeness (QED) is 0.848. The lowest BCUT2D eigenvalue weighted by Crippen LogP contribution is -2.14. The molecule has 16 heavy (non-hydrogen) atoms. The van der Waals surface area contributed by atoms with Gasteiger partial charge in [-0.15, -0.1) is 0 Å². The second-order valence-corrected chi connectivity index (χ2v) is 3.95. The Balaban J connectivity index is 1.98. The fourth-order valence-corrected chi connectivity index (χ4v) is 1.76. The maximum absolute atomic E-state index is 13.1. The maximum Gasteiger partial charge on any atom is 0.126 e. The summed E-state index contributed by atoms with van der Waals surface area (Å²) in [7, 11) is 0. The van der Waals surface area contributed by atoms with Gasteiger partial charge in [-0.25, -0.2) is 4.39 Å². The van der Waals surface area contributed by atoms with Crippen LogP contribution in [-0.4, -0.2) is 19.8 Å². The van der Waals surface area contributed by atoms with Gasteiger partial charge in [-0.2, -0.15) is 5.26 Å². The zero-order valence-electron chi connectivity index (χ0n) is 8.87. The number of benzene rings is 1. The summed E-state index contributed by atoms with van der Waals surface area (Å²) in [5, 5.41) is 11.8. The Morgan fingerprint density at radius 1 is 1.50 bits per heavy atom. The normalized spacial score (nSPS) is 19.4. The molecule has 1 unspecified atom stereocenters. The zero-order chi connectivity index (χ0) is 11.4. The van der Waals surface area contributed by atoms with E-state index in [0.717, 1.165) is 26.2 Å². The number of nitriles is 1. The molecule has 0 spiro atoms. The van der Waals surface area contributed by atoms with Crippen LogP contribution in [0, 0.1) is 23.1 Å². The van der Waals surface area contributed by atoms with E-state index in [1.54, 1.807) is 6.07 Å². The van der Waals surface area contributed by atoms with Crippen LogP contribution in [-0.2, 0) is 4.74 Å². The summed E-state index contributed by atoms with van der Waals surface area (Å²) in [6.45, 7) is 2.32. The molecule has 1 saturated heterocycles. The van der Waals surface area contributed by atoms with Crippen LogP contribution in [0.3, 0.4) is 0 Å². The molecule has 3 nitrogen and oxygen atoms in total. The van der Waals surface area contributed by atoms with E-state index in [-0.39, 0.29) is 5.82 Å². The molecular weight excluding hydrogens is 207 g/mol. The molecule has 0 aliphatic carbocycles. The van der Waals surface area contributed by atoms with E-state index in [1.807, 2.05) is 6.07 Å². The molecule has 1 N–H and O–H groups in total. The molecule has 4 heteroatoms. The average Bonchev–Trinajstić information content (AvgIpc) is 2.78. The van der Waals surface area contributed by atoms with Crippen LogP contribution in [0.15, 0.2) is 18.2 Å². The van der Waals surface area contributed by atoms with Gasteiger partial charge in [-0.05, 0) is 24.6 Å². The summed E-state index contributed by atoms with van der Waals surface area (Å²) in [6.07, 6.45) is 1.04. The molecule has 2 rings (SSSR count). The van der Waals surface area contributed by atoms with Crippen molar-refractivity contribution in [2.24, 2.45) is 5.92 Å². The lowest BCUT2D eigenvalue weighted by Gasteiger charge is -2.10. The highest BCUT2D eigenvalue weighted by atomic mass is 19.1. The Morgan fingerprint density at radius 3 is 3.06 bits per heavy atom. The number of hydrogen-bond acceptors (Lipinski definition) is 3. The molecule has 0 radical (unpaired) electrons. The van der Waals surface area contributed by atoms with E-state index >= 15 is 0 Å². The van der Waals surface area contributed by atoms with Crippen molar-refractivity contribution < 1.29 is 9.13 Å². The van der Waals surface area contributed by atoms with Gasteiger partial charge in [0, 0.05) is 24.8 Å². The second kappa shape index (κ2) is 4.95. The number of halogens is 1. The van der Waals surface area contributed by atoms with Crippen molar-refractivity contribution in [1.82, 2.24) is 0 Å². The van der Waals surface area contributed by atoms with Gasteiger partial charge in [0.2, 0.25) is 0 Å². The Kier molecular flexibility index (Phi) is 3.37. The van der Waals surface area contributed by atoms with Gasteiger partial charge in [0.05, 0.1) is 18.2 Å². The Labute approximate surface area is 93.8 Å². The second-order valence-electron chi connectivity index (χ2n) is 3.95. The SMILES string of the molecule is N#Cc1cc(F)cc(NCC2CCOC2)c1. The minimum atomic E-state index is -0.385. The molecule has 0 aromatic heterocycles. The molecule has 1 aromatic rings. The Morgan fingerprint density at radius 2 is 2.38 bits per heavy atom. The molecule has 1 aliphatic heterocycles. The third-order valence-electron chi connectivity index (χ3n) is 2.65. The molecule has 0 bridgehead atoms. The predicted octanol–water partition coefficient (Wildman–Crippen LogP) is 2.15. The molecular formula is C12H13FN2O. The van der Waals surface area contributed by atoms with Gasteiger partial charge >= 0.3 is 0 Å². The van der Waals surface area contributed by atoms with Gasteiger partial charge in [0.15, 0.2) is 0 Å². The lowest BCUT2D eigenvalue weighted by atomic mass is 10.1. The van der Waals surface area contributed by atoms with Crippen LogP contribution in [0.5, 0.6) is 0 Å². The number of rotatable bonds is 3. The van der Waals surface area contributed by atoms with Crippen molar-refractivity contribution in [1.29, 1.82) is 5.26 Å². The first-order valence-electron chi connectivity index (χ1n) is 5.30. The van der Waals surface area contributed by atoms with Crippen molar-refractivity contribution in [3.63, 3.8) is 0 Å². The van der Waals surface area contributed by atoms with Gasteiger partial charge in [0.25, 0.3) is 0 Å². The van der Waals surface area contributed by atoms with E-state index in [0.29, 0.717) is 17.2 Å². The zero-order valence-corrected chi connectivity index (χ0v) is 8.87. The van der Waals surface area contributed by atoms with E-state index in [2.05, 4.69) is 5.32 Å². The predicted molar refractivity (Wildman–Crippen MR) is 58.5 cm³/mol. The van der Waals surface area contributed by atoms with E-state index in [1.165, 1.54) is 12.1 Å². The fourth-order valence-electron chi connectivity index (χ4n) is 1.76. The molecule has 1 aliphatic rings. The first-order valence-corrected chi connectivity index (χ1v) is 5.30. The summed E-state index contributed by atoms with van der Waals surface area (Å²) in [4.78, 5) is 0. The first kappa shape index (κ1) is 10.9. The topological polar surface area (TPSA) is 45.0 Å². The molecule has 1 atom stereocenters. The third kappa shape index (κ3) is 2.71. The summed E-state index contributed by atoms with van der Waals surface area (Å²) in [5.41, 5.74) is 0.994. The molecule has 1 fully saturated rings. The van der Waals surface area contributed by atoms with Crippen LogP contribution >= 0.6 is 0 Å². The summed E-state index contributed by atoms with van der Waals surface area (Å²) >= 11 is 0. The molecule has 1 aromatic carbocycles. The van der Waals surface area contributed by atoms with Gasteiger partial charge in [-0.1, -0.05) is 0 Å². The Bertz CT molecular complexity index is 408. The number of nitrogens with one attached hydrogen (secondary N) is 1. The van der Waals surface area contributed by atoms with Crippen LogP contribution in [0.2, 0.25) is 0 Å². The smallest absolute Gasteiger partial charge is 0.126 e. The van der Waals surface area contributed by atoms with Gasteiger partial charge in [-0.3, -0.25) is 0 Å². The van der Waals surface area contributed by atoms with E-state index in [9.17, 15) is 4.39 Å². The van der Waals surface area contributed by atoms with Gasteiger partial charge < -0.3 is 10.1 Å². The van der Waals surface area contributed by atoms with E-state index < -0.39 is 0 Å². The Hall–Kier alpha value is -1.60. The summed E-state index contributed by atoms with van der Waals surface area (Å²) < 4.78 is 18.3. The minimum Gasteiger partial charge on any atom is -0.385 e. The van der Waals surface area contributed by atoms with Crippen molar-refractivity contribution in [3.8, 4) is 6.07 Å². The van der Waals surface area contributed by atoms with E-state index in [4.69, 9.17) is 10.00 Å². The van der Waals surface area contributed by atoms with Crippen molar-refractivity contribution in [2.75, 3.05) is 25.1 Å². The molecule has 0 amide bonds. The fraction of sp³-hybridized carbons (Fsp3) is 0.417. The van der Waals surface area contributed by atoms with Crippen molar-refractivity contribution in [3.05, 3.63) is 29.6 Å². The standard InChI is InChI=1S/C12H13FN2O/c13-11-3-10(6-14)4-12(5-11)15-7-9-1-2-16-8-9/h3-5,9,15H,1-2,7-8H2. The van der Waals surface area contributed by atoms with Crippen molar-refractivity contribution >= 4 is 5.69 Å². The highest BCUT2D eigenvalue weighted by Gasteiger charge is 2.15. The number of ether oxygens (including phenoxy) is 1.